The lowest BCUT2D eigenvalue weighted by Crippen LogP contribution is -2.36. The lowest BCUT2D eigenvalue weighted by molar-refractivity contribution is 0.217. The largest absolute Gasteiger partial charge is 0.326 e. The van der Waals surface area contributed by atoms with Crippen LogP contribution < -0.4 is 5.32 Å². The summed E-state index contributed by atoms with van der Waals surface area (Å²) in [4.78, 5) is 13.9. The van der Waals surface area contributed by atoms with Crippen LogP contribution in [0, 0.1) is 0 Å². The van der Waals surface area contributed by atoms with Gasteiger partial charge in [0.15, 0.2) is 0 Å². The third-order valence-corrected chi connectivity index (χ3v) is 3.25. The van der Waals surface area contributed by atoms with Crippen LogP contribution in [0.15, 0.2) is 47.9 Å². The molecular weight excluding hydrogens is 255 g/mol. The number of nitrogens with one attached hydrogen (secondary N) is 1. The molecule has 0 radical (unpaired) electrons. The van der Waals surface area contributed by atoms with E-state index in [9.17, 15) is 9.18 Å². The monoisotopic (exact) mass is 278 g/mol. The van der Waals surface area contributed by atoms with Crippen molar-refractivity contribution < 1.29 is 9.18 Å². The van der Waals surface area contributed by atoms with Gasteiger partial charge < -0.3 is 5.32 Å². The fourth-order valence-electron chi connectivity index (χ4n) is 2.20. The van der Waals surface area contributed by atoms with Crippen LogP contribution in [0.2, 0.25) is 0 Å². The van der Waals surface area contributed by atoms with Gasteiger partial charge in [-0.05, 0) is 38.8 Å². The third-order valence-electron chi connectivity index (χ3n) is 3.25. The second kappa shape index (κ2) is 7.68. The lowest BCUT2D eigenvalue weighted by atomic mass is 10.0. The minimum atomic E-state index is -0.898. The molecular formula is C16H23FN2O. The highest BCUT2D eigenvalue weighted by Gasteiger charge is 2.22. The molecule has 0 saturated heterocycles. The van der Waals surface area contributed by atoms with Gasteiger partial charge in [0.25, 0.3) is 0 Å². The number of urea groups is 1. The number of carbonyl (C=O) groups is 1. The van der Waals surface area contributed by atoms with Crippen LogP contribution in [-0.4, -0.2) is 23.6 Å². The van der Waals surface area contributed by atoms with Crippen molar-refractivity contribution in [3.05, 3.63) is 47.9 Å². The SMILES string of the molecule is C=C/C=C\C(=C/C)N1CCC(CC(C)F)=C(C)NC1=O. The Hall–Kier alpha value is -1.84. The molecule has 2 amide bonds. The van der Waals surface area contributed by atoms with Crippen molar-refractivity contribution in [3.8, 4) is 0 Å². The number of alkyl halides is 1. The zero-order valence-electron chi connectivity index (χ0n) is 12.4. The van der Waals surface area contributed by atoms with Crippen molar-refractivity contribution in [3.63, 3.8) is 0 Å². The summed E-state index contributed by atoms with van der Waals surface area (Å²) in [5.74, 6) is 0. The molecule has 0 bridgehead atoms. The van der Waals surface area contributed by atoms with Gasteiger partial charge in [-0.1, -0.05) is 24.8 Å². The van der Waals surface area contributed by atoms with Gasteiger partial charge in [0, 0.05) is 24.4 Å². The van der Waals surface area contributed by atoms with Gasteiger partial charge in [0.05, 0.1) is 0 Å². The molecule has 4 heteroatoms. The van der Waals surface area contributed by atoms with E-state index in [0.29, 0.717) is 19.4 Å². The predicted octanol–water partition coefficient (Wildman–Crippen LogP) is 4.07. The van der Waals surface area contributed by atoms with Crippen LogP contribution in [0.25, 0.3) is 0 Å². The quantitative estimate of drug-likeness (QED) is 0.755. The average Bonchev–Trinajstić information content (AvgIpc) is 2.51. The summed E-state index contributed by atoms with van der Waals surface area (Å²) < 4.78 is 13.2. The van der Waals surface area contributed by atoms with E-state index in [4.69, 9.17) is 0 Å². The molecule has 1 atom stereocenters. The van der Waals surface area contributed by atoms with E-state index in [0.717, 1.165) is 17.0 Å². The Bertz CT molecular complexity index is 461. The number of hydrogen-bond acceptors (Lipinski definition) is 1. The molecule has 0 fully saturated rings. The number of halogens is 1. The minimum absolute atomic E-state index is 0.175. The first-order valence-electron chi connectivity index (χ1n) is 6.86. The highest BCUT2D eigenvalue weighted by molar-refractivity contribution is 5.79. The van der Waals surface area contributed by atoms with Gasteiger partial charge in [-0.3, -0.25) is 4.90 Å². The normalized spacial score (nSPS) is 19.1. The molecule has 1 N–H and O–H groups in total. The van der Waals surface area contributed by atoms with Crippen LogP contribution in [0.4, 0.5) is 9.18 Å². The van der Waals surface area contributed by atoms with E-state index in [2.05, 4.69) is 11.9 Å². The Balaban J connectivity index is 2.90. The molecule has 0 aromatic heterocycles. The van der Waals surface area contributed by atoms with Gasteiger partial charge in [0.1, 0.15) is 6.17 Å². The number of amides is 2. The van der Waals surface area contributed by atoms with Crippen molar-refractivity contribution in [1.82, 2.24) is 10.2 Å². The molecule has 0 spiro atoms. The summed E-state index contributed by atoms with van der Waals surface area (Å²) in [5, 5.41) is 2.84. The van der Waals surface area contributed by atoms with Crippen LogP contribution in [0.1, 0.15) is 33.6 Å². The van der Waals surface area contributed by atoms with E-state index in [1.165, 1.54) is 6.92 Å². The van der Waals surface area contributed by atoms with Crippen molar-refractivity contribution in [2.45, 2.75) is 39.8 Å². The van der Waals surface area contributed by atoms with Gasteiger partial charge >= 0.3 is 6.03 Å². The maximum atomic E-state index is 13.2. The number of nitrogens with zero attached hydrogens (tertiary/aromatic N) is 1. The van der Waals surface area contributed by atoms with E-state index < -0.39 is 6.17 Å². The van der Waals surface area contributed by atoms with E-state index in [-0.39, 0.29) is 6.03 Å². The Morgan fingerprint density at radius 3 is 2.85 bits per heavy atom. The standard InChI is InChI=1S/C16H23FN2O/c1-5-7-8-15(6-2)19-10-9-14(11-12(3)17)13(4)18-16(19)20/h5-8,12H,1,9-11H2,2-4H3,(H,18,20)/b8-7-,15-6+. The van der Waals surface area contributed by atoms with Crippen molar-refractivity contribution in [2.75, 3.05) is 6.54 Å². The van der Waals surface area contributed by atoms with E-state index >= 15 is 0 Å². The average molecular weight is 278 g/mol. The summed E-state index contributed by atoms with van der Waals surface area (Å²) in [6, 6.07) is -0.175. The van der Waals surface area contributed by atoms with Crippen LogP contribution >= 0.6 is 0 Å². The summed E-state index contributed by atoms with van der Waals surface area (Å²) in [6.45, 7) is 9.42. The third kappa shape index (κ3) is 4.37. The second-order valence-electron chi connectivity index (χ2n) is 4.85. The van der Waals surface area contributed by atoms with E-state index in [1.54, 1.807) is 17.1 Å². The summed E-state index contributed by atoms with van der Waals surface area (Å²) in [6.07, 6.45) is 7.32. The van der Waals surface area contributed by atoms with Gasteiger partial charge in [-0.25, -0.2) is 9.18 Å². The molecule has 1 aliphatic heterocycles. The zero-order valence-corrected chi connectivity index (χ0v) is 12.4. The Labute approximate surface area is 120 Å². The number of allylic oxidation sites excluding steroid dienone is 5. The van der Waals surface area contributed by atoms with Crippen LogP contribution in [-0.2, 0) is 0 Å². The van der Waals surface area contributed by atoms with Crippen molar-refractivity contribution in [1.29, 1.82) is 0 Å². The molecule has 110 valence electrons. The summed E-state index contributed by atoms with van der Waals surface area (Å²) in [5.41, 5.74) is 2.55. The number of carbonyl (C=O) groups excluding carboxylic acids is 1. The fourth-order valence-corrected chi connectivity index (χ4v) is 2.20. The minimum Gasteiger partial charge on any atom is -0.312 e. The summed E-state index contributed by atoms with van der Waals surface area (Å²) >= 11 is 0. The molecule has 1 heterocycles. The zero-order chi connectivity index (χ0) is 15.1. The first-order valence-corrected chi connectivity index (χ1v) is 6.86. The highest BCUT2D eigenvalue weighted by Crippen LogP contribution is 2.21. The fraction of sp³-hybridized carbons (Fsp3) is 0.438. The highest BCUT2D eigenvalue weighted by atomic mass is 19.1. The molecule has 20 heavy (non-hydrogen) atoms. The topological polar surface area (TPSA) is 32.3 Å². The number of rotatable bonds is 5. The molecule has 0 aromatic carbocycles. The van der Waals surface area contributed by atoms with Crippen LogP contribution in [0.5, 0.6) is 0 Å². The predicted molar refractivity (Wildman–Crippen MR) is 80.8 cm³/mol. The maximum Gasteiger partial charge on any atom is 0.326 e. The molecule has 1 unspecified atom stereocenters. The summed E-state index contributed by atoms with van der Waals surface area (Å²) in [7, 11) is 0. The van der Waals surface area contributed by atoms with Crippen molar-refractivity contribution >= 4 is 6.03 Å². The van der Waals surface area contributed by atoms with Crippen LogP contribution in [0.3, 0.4) is 0 Å². The smallest absolute Gasteiger partial charge is 0.312 e. The first kappa shape index (κ1) is 16.2. The molecule has 1 rings (SSSR count). The molecule has 0 saturated carbocycles. The van der Waals surface area contributed by atoms with Gasteiger partial charge in [0.2, 0.25) is 0 Å². The van der Waals surface area contributed by atoms with E-state index in [1.807, 2.05) is 26.0 Å². The molecule has 0 aromatic rings. The number of hydrogen-bond donors (Lipinski definition) is 1. The van der Waals surface area contributed by atoms with Gasteiger partial charge in [-0.15, -0.1) is 0 Å². The Kier molecular flexibility index (Phi) is 6.22. The first-order chi connectivity index (χ1) is 9.49. The lowest BCUT2D eigenvalue weighted by Gasteiger charge is -2.21. The second-order valence-corrected chi connectivity index (χ2v) is 4.85. The molecule has 3 nitrogen and oxygen atoms in total. The molecule has 0 aliphatic carbocycles. The van der Waals surface area contributed by atoms with Crippen molar-refractivity contribution in [2.24, 2.45) is 0 Å². The van der Waals surface area contributed by atoms with Gasteiger partial charge in [-0.2, -0.15) is 0 Å². The maximum absolute atomic E-state index is 13.2. The Morgan fingerprint density at radius 2 is 2.30 bits per heavy atom. The Morgan fingerprint density at radius 1 is 1.60 bits per heavy atom. The molecule has 1 aliphatic rings.